The number of esters is 1. The van der Waals surface area contributed by atoms with Crippen molar-refractivity contribution in [2.75, 3.05) is 21.3 Å². The third kappa shape index (κ3) is 4.95. The second-order valence-electron chi connectivity index (χ2n) is 6.80. The van der Waals surface area contributed by atoms with Crippen LogP contribution in [-0.2, 0) is 4.74 Å². The number of hydrogen-bond acceptors (Lipinski definition) is 8. The van der Waals surface area contributed by atoms with E-state index in [2.05, 4.69) is 0 Å². The van der Waals surface area contributed by atoms with Crippen LogP contribution in [0.4, 0.5) is 0 Å². The van der Waals surface area contributed by atoms with Crippen molar-refractivity contribution in [2.45, 2.75) is 6.10 Å². The Kier molecular flexibility index (Phi) is 7.30. The van der Waals surface area contributed by atoms with Crippen LogP contribution in [0.2, 0.25) is 0 Å². The number of aromatic hydroxyl groups is 1. The number of para-hydroxylation sites is 1. The molecule has 3 aromatic carbocycles. The summed E-state index contributed by atoms with van der Waals surface area (Å²) < 4.78 is 20.9. The molecule has 0 heterocycles. The first-order valence-corrected chi connectivity index (χ1v) is 9.83. The average Bonchev–Trinajstić information content (AvgIpc) is 2.86. The number of phenolic OH excluding ortho intramolecular Hbond substituents is 1. The number of phenols is 1. The first kappa shape index (κ1) is 23.3. The number of ether oxygens (including phenoxy) is 4. The van der Waals surface area contributed by atoms with Crippen LogP contribution in [0.3, 0.4) is 0 Å². The highest BCUT2D eigenvalue weighted by Gasteiger charge is 2.37. The third-order valence-electron chi connectivity index (χ3n) is 4.84. The largest absolute Gasteiger partial charge is 0.507 e. The van der Waals surface area contributed by atoms with Crippen LogP contribution in [0.1, 0.15) is 31.1 Å². The minimum absolute atomic E-state index is 0.0335. The Balaban J connectivity index is 2.10. The molecule has 8 heteroatoms. The molecule has 33 heavy (non-hydrogen) atoms. The summed E-state index contributed by atoms with van der Waals surface area (Å²) >= 11 is 0. The van der Waals surface area contributed by atoms with Crippen molar-refractivity contribution in [1.29, 1.82) is 0 Å². The van der Waals surface area contributed by atoms with Crippen LogP contribution in [0, 0.1) is 0 Å². The average molecular weight is 450 g/mol. The van der Waals surface area contributed by atoms with Gasteiger partial charge in [0.15, 0.2) is 0 Å². The fourth-order valence-corrected chi connectivity index (χ4v) is 3.20. The van der Waals surface area contributed by atoms with E-state index in [4.69, 9.17) is 18.9 Å². The zero-order valence-corrected chi connectivity index (χ0v) is 18.2. The van der Waals surface area contributed by atoms with Gasteiger partial charge in [0, 0.05) is 12.1 Å². The summed E-state index contributed by atoms with van der Waals surface area (Å²) in [6.07, 6.45) is -1.91. The van der Waals surface area contributed by atoms with Crippen molar-refractivity contribution in [1.82, 2.24) is 0 Å². The summed E-state index contributed by atoms with van der Waals surface area (Å²) in [5, 5.41) is 10.5. The number of ketones is 2. The molecule has 1 unspecified atom stereocenters. The smallest absolute Gasteiger partial charge is 0.339 e. The lowest BCUT2D eigenvalue weighted by Gasteiger charge is -2.19. The molecule has 3 rings (SSSR count). The second-order valence-corrected chi connectivity index (χ2v) is 6.80. The lowest BCUT2D eigenvalue weighted by atomic mass is 9.96. The molecule has 170 valence electrons. The van der Waals surface area contributed by atoms with Gasteiger partial charge in [0.05, 0.1) is 32.5 Å². The maximum Gasteiger partial charge on any atom is 0.339 e. The van der Waals surface area contributed by atoms with Gasteiger partial charge in [0.2, 0.25) is 17.7 Å². The first-order chi connectivity index (χ1) is 15.9. The molecule has 0 fully saturated rings. The number of rotatable bonds is 9. The van der Waals surface area contributed by atoms with Crippen molar-refractivity contribution in [3.63, 3.8) is 0 Å². The Morgan fingerprint density at radius 2 is 1.39 bits per heavy atom. The van der Waals surface area contributed by atoms with Gasteiger partial charge in [-0.3, -0.25) is 9.59 Å². The van der Waals surface area contributed by atoms with Gasteiger partial charge in [-0.25, -0.2) is 4.79 Å². The molecule has 0 amide bonds. The zero-order chi connectivity index (χ0) is 24.0. The van der Waals surface area contributed by atoms with E-state index in [1.807, 2.05) is 0 Å². The van der Waals surface area contributed by atoms with E-state index in [9.17, 15) is 19.5 Å². The molecule has 3 aromatic rings. The predicted molar refractivity (Wildman–Crippen MR) is 119 cm³/mol. The minimum Gasteiger partial charge on any atom is -0.507 e. The highest BCUT2D eigenvalue weighted by molar-refractivity contribution is 6.22. The molecule has 0 aliphatic heterocycles. The molecule has 1 atom stereocenters. The summed E-state index contributed by atoms with van der Waals surface area (Å²) in [7, 11) is 4.04. The van der Waals surface area contributed by atoms with Crippen molar-refractivity contribution in [2.24, 2.45) is 0 Å². The summed E-state index contributed by atoms with van der Waals surface area (Å²) in [6, 6.07) is 16.7. The van der Waals surface area contributed by atoms with Gasteiger partial charge in [-0.15, -0.1) is 0 Å². The number of Topliss-reactive ketones (excluding diaryl/α,β-unsaturated/α-hetero) is 2. The molecule has 0 bridgehead atoms. The fourth-order valence-electron chi connectivity index (χ4n) is 3.20. The van der Waals surface area contributed by atoms with E-state index in [1.165, 1.54) is 51.7 Å². The standard InChI is InChI=1S/C25H22O8/c1-30-16-13-18(26)21(20(14-16)32-3)23(28)24(33-25(29)15-9-5-4-6-10-15)22(27)17-11-7-8-12-19(17)31-2/h4-14,24,26H,1-3H3. The van der Waals surface area contributed by atoms with Crippen LogP contribution >= 0.6 is 0 Å². The molecule has 8 nitrogen and oxygen atoms in total. The zero-order valence-electron chi connectivity index (χ0n) is 18.2. The summed E-state index contributed by atoms with van der Waals surface area (Å²) in [6.45, 7) is 0. The van der Waals surface area contributed by atoms with Crippen LogP contribution < -0.4 is 14.2 Å². The van der Waals surface area contributed by atoms with E-state index in [-0.39, 0.29) is 33.9 Å². The Morgan fingerprint density at radius 1 is 0.758 bits per heavy atom. The Bertz CT molecular complexity index is 1170. The van der Waals surface area contributed by atoms with Crippen molar-refractivity contribution in [3.8, 4) is 23.0 Å². The van der Waals surface area contributed by atoms with E-state index >= 15 is 0 Å². The minimum atomic E-state index is -1.91. The molecule has 0 aliphatic carbocycles. The van der Waals surface area contributed by atoms with Gasteiger partial charge in [0.25, 0.3) is 0 Å². The Hall–Kier alpha value is -4.33. The van der Waals surface area contributed by atoms with Gasteiger partial charge in [-0.05, 0) is 24.3 Å². The van der Waals surface area contributed by atoms with Gasteiger partial charge >= 0.3 is 5.97 Å². The molecule has 0 saturated carbocycles. The topological polar surface area (TPSA) is 108 Å². The molecule has 0 spiro atoms. The highest BCUT2D eigenvalue weighted by atomic mass is 16.6. The number of benzene rings is 3. The van der Waals surface area contributed by atoms with Crippen LogP contribution in [0.15, 0.2) is 66.7 Å². The quantitative estimate of drug-likeness (QED) is 0.299. The predicted octanol–water partition coefficient (Wildman–Crippen LogP) is 3.71. The van der Waals surface area contributed by atoms with E-state index in [0.717, 1.165) is 0 Å². The van der Waals surface area contributed by atoms with Gasteiger partial charge < -0.3 is 24.1 Å². The number of methoxy groups -OCH3 is 3. The van der Waals surface area contributed by atoms with Crippen LogP contribution in [0.5, 0.6) is 23.0 Å². The molecule has 1 N–H and O–H groups in total. The maximum atomic E-state index is 13.5. The molecular formula is C25H22O8. The van der Waals surface area contributed by atoms with E-state index in [1.54, 1.807) is 36.4 Å². The fraction of sp³-hybridized carbons (Fsp3) is 0.160. The number of carbonyl (C=O) groups is 3. The van der Waals surface area contributed by atoms with Crippen LogP contribution in [-0.4, -0.2) is 50.1 Å². The van der Waals surface area contributed by atoms with Gasteiger partial charge in [-0.2, -0.15) is 0 Å². The van der Waals surface area contributed by atoms with Crippen LogP contribution in [0.25, 0.3) is 0 Å². The maximum absolute atomic E-state index is 13.5. The van der Waals surface area contributed by atoms with Crippen molar-refractivity contribution < 1.29 is 38.4 Å². The van der Waals surface area contributed by atoms with Gasteiger partial charge in [-0.1, -0.05) is 30.3 Å². The molecular weight excluding hydrogens is 428 g/mol. The summed E-state index contributed by atoms with van der Waals surface area (Å²) in [5.41, 5.74) is -0.146. The first-order valence-electron chi connectivity index (χ1n) is 9.83. The summed E-state index contributed by atoms with van der Waals surface area (Å²) in [4.78, 5) is 39.7. The number of hydrogen-bond donors (Lipinski definition) is 1. The Labute approximate surface area is 190 Å². The third-order valence-corrected chi connectivity index (χ3v) is 4.84. The van der Waals surface area contributed by atoms with E-state index in [0.29, 0.717) is 0 Å². The molecule has 0 aliphatic rings. The normalized spacial score (nSPS) is 11.2. The lowest BCUT2D eigenvalue weighted by Crippen LogP contribution is -2.36. The van der Waals surface area contributed by atoms with Crippen molar-refractivity contribution in [3.05, 3.63) is 83.4 Å². The lowest BCUT2D eigenvalue weighted by molar-refractivity contribution is 0.0272. The van der Waals surface area contributed by atoms with Gasteiger partial charge in [0.1, 0.15) is 28.6 Å². The number of carbonyl (C=O) groups excluding carboxylic acids is 3. The second kappa shape index (κ2) is 10.3. The monoisotopic (exact) mass is 450 g/mol. The molecule has 0 radical (unpaired) electrons. The van der Waals surface area contributed by atoms with Crippen molar-refractivity contribution >= 4 is 17.5 Å². The van der Waals surface area contributed by atoms with E-state index < -0.39 is 29.4 Å². The Morgan fingerprint density at radius 3 is 2.03 bits per heavy atom. The highest BCUT2D eigenvalue weighted by Crippen LogP contribution is 2.35. The summed E-state index contributed by atoms with van der Waals surface area (Å²) in [5.74, 6) is -2.79. The SMILES string of the molecule is COc1cc(O)c(C(=O)C(OC(=O)c2ccccc2)C(=O)c2ccccc2OC)c(OC)c1. The molecule has 0 saturated heterocycles. The molecule has 0 aromatic heterocycles.